The molecule has 0 aliphatic carbocycles. The van der Waals surface area contributed by atoms with Crippen molar-refractivity contribution in [2.24, 2.45) is 0 Å². The molecule has 7 heteroatoms. The van der Waals surface area contributed by atoms with Gasteiger partial charge in [-0.05, 0) is 54.3 Å². The molecule has 1 aliphatic heterocycles. The molecule has 186 valence electrons. The maximum absolute atomic E-state index is 12.4. The highest BCUT2D eigenvalue weighted by atomic mass is 19.4. The third kappa shape index (κ3) is 7.47. The Morgan fingerprint density at radius 1 is 0.886 bits per heavy atom. The highest BCUT2D eigenvalue weighted by Gasteiger charge is 2.31. The van der Waals surface area contributed by atoms with Crippen molar-refractivity contribution >= 4 is 0 Å². The molecular weight excluding hydrogens is 453 g/mol. The van der Waals surface area contributed by atoms with E-state index in [0.29, 0.717) is 13.2 Å². The lowest BCUT2D eigenvalue weighted by atomic mass is 9.85. The second-order valence-corrected chi connectivity index (χ2v) is 8.80. The summed E-state index contributed by atoms with van der Waals surface area (Å²) in [6.07, 6.45) is -3.71. The molecule has 1 fully saturated rings. The van der Waals surface area contributed by atoms with Gasteiger partial charge in [0.1, 0.15) is 11.5 Å². The Hall–Kier alpha value is -3.03. The van der Waals surface area contributed by atoms with Crippen LogP contribution in [0.2, 0.25) is 0 Å². The fourth-order valence-corrected chi connectivity index (χ4v) is 4.62. The molecule has 0 spiro atoms. The van der Waals surface area contributed by atoms with Gasteiger partial charge in [-0.3, -0.25) is 4.90 Å². The van der Waals surface area contributed by atoms with Crippen LogP contribution in [0.1, 0.15) is 36.0 Å². The van der Waals surface area contributed by atoms with Crippen LogP contribution >= 0.6 is 0 Å². The van der Waals surface area contributed by atoms with Crippen molar-refractivity contribution in [2.45, 2.75) is 44.8 Å². The van der Waals surface area contributed by atoms with Crippen molar-refractivity contribution in [1.29, 1.82) is 0 Å². The lowest BCUT2D eigenvalue weighted by molar-refractivity contribution is -0.274. The summed E-state index contributed by atoms with van der Waals surface area (Å²) in [4.78, 5) is 2.48. The van der Waals surface area contributed by atoms with Crippen LogP contribution in [0.25, 0.3) is 0 Å². The summed E-state index contributed by atoms with van der Waals surface area (Å²) in [6.45, 7) is 5.96. The van der Waals surface area contributed by atoms with Crippen molar-refractivity contribution in [3.05, 3.63) is 95.6 Å². The minimum atomic E-state index is -4.68. The van der Waals surface area contributed by atoms with Crippen molar-refractivity contribution in [2.75, 3.05) is 19.7 Å². The van der Waals surface area contributed by atoms with Gasteiger partial charge in [0.05, 0.1) is 6.61 Å². The maximum atomic E-state index is 12.4. The van der Waals surface area contributed by atoms with E-state index < -0.39 is 6.36 Å². The van der Waals surface area contributed by atoms with Gasteiger partial charge in [-0.2, -0.15) is 0 Å². The molecule has 0 bridgehead atoms. The van der Waals surface area contributed by atoms with Crippen LogP contribution < -0.4 is 14.8 Å². The number of halogens is 3. The average Bonchev–Trinajstić information content (AvgIpc) is 2.84. The van der Waals surface area contributed by atoms with Gasteiger partial charge in [0.15, 0.2) is 0 Å². The summed E-state index contributed by atoms with van der Waals surface area (Å²) >= 11 is 0. The zero-order valence-corrected chi connectivity index (χ0v) is 19.8. The Labute approximate surface area is 204 Å². The van der Waals surface area contributed by atoms with E-state index in [1.165, 1.54) is 23.3 Å². The van der Waals surface area contributed by atoms with Crippen LogP contribution in [0.4, 0.5) is 13.2 Å². The topological polar surface area (TPSA) is 33.7 Å². The van der Waals surface area contributed by atoms with Gasteiger partial charge < -0.3 is 14.8 Å². The van der Waals surface area contributed by atoms with Crippen molar-refractivity contribution in [3.8, 4) is 11.5 Å². The van der Waals surface area contributed by atoms with E-state index in [9.17, 15) is 13.2 Å². The Morgan fingerprint density at radius 2 is 1.57 bits per heavy atom. The molecule has 4 nitrogen and oxygen atoms in total. The van der Waals surface area contributed by atoms with Crippen molar-refractivity contribution in [3.63, 3.8) is 0 Å². The first kappa shape index (κ1) is 25.1. The van der Waals surface area contributed by atoms with Gasteiger partial charge in [0.2, 0.25) is 0 Å². The van der Waals surface area contributed by atoms with Gasteiger partial charge in [-0.15, -0.1) is 13.2 Å². The third-order valence-electron chi connectivity index (χ3n) is 6.29. The van der Waals surface area contributed by atoms with Crippen LogP contribution in [0.5, 0.6) is 11.5 Å². The van der Waals surface area contributed by atoms with E-state index >= 15 is 0 Å². The van der Waals surface area contributed by atoms with E-state index in [4.69, 9.17) is 4.74 Å². The fourth-order valence-electron chi connectivity index (χ4n) is 4.62. The molecule has 0 radical (unpaired) electrons. The lowest BCUT2D eigenvalue weighted by Crippen LogP contribution is -2.47. The van der Waals surface area contributed by atoms with Crippen LogP contribution in [-0.4, -0.2) is 37.0 Å². The molecule has 0 saturated carbocycles. The molecule has 0 aromatic heterocycles. The summed E-state index contributed by atoms with van der Waals surface area (Å²) < 4.78 is 46.9. The van der Waals surface area contributed by atoms with Crippen molar-refractivity contribution in [1.82, 2.24) is 10.2 Å². The zero-order chi connectivity index (χ0) is 24.7. The lowest BCUT2D eigenvalue weighted by Gasteiger charge is -2.39. The Balaban J connectivity index is 1.44. The fraction of sp³-hybridized carbons (Fsp3) is 0.357. The predicted molar refractivity (Wildman–Crippen MR) is 130 cm³/mol. The average molecular weight is 485 g/mol. The smallest absolute Gasteiger partial charge is 0.494 e. The normalized spacial score (nSPS) is 18.9. The number of alkyl halides is 3. The van der Waals surface area contributed by atoms with Crippen LogP contribution in [0.3, 0.4) is 0 Å². The molecule has 1 N–H and O–H groups in total. The van der Waals surface area contributed by atoms with E-state index in [-0.39, 0.29) is 17.7 Å². The minimum absolute atomic E-state index is 0.206. The molecule has 3 aromatic rings. The summed E-state index contributed by atoms with van der Waals surface area (Å²) in [6, 6.07) is 25.1. The number of hydrogen-bond acceptors (Lipinski definition) is 4. The van der Waals surface area contributed by atoms with E-state index in [2.05, 4.69) is 51.4 Å². The zero-order valence-electron chi connectivity index (χ0n) is 19.8. The first-order valence-corrected chi connectivity index (χ1v) is 12.0. The SMILES string of the molecule is CCOc1ccc([C@@H]2CN(Cc3ccccc3)CC[C@H]2NCc2ccc(OC(F)(F)F)cc2)cc1. The number of benzene rings is 3. The van der Waals surface area contributed by atoms with Gasteiger partial charge in [-0.25, -0.2) is 0 Å². The number of nitrogens with one attached hydrogen (secondary N) is 1. The number of piperidine rings is 1. The summed E-state index contributed by atoms with van der Waals surface area (Å²) in [7, 11) is 0. The highest BCUT2D eigenvalue weighted by molar-refractivity contribution is 5.32. The second-order valence-electron chi connectivity index (χ2n) is 8.80. The van der Waals surface area contributed by atoms with Gasteiger partial charge in [0.25, 0.3) is 0 Å². The number of ether oxygens (including phenoxy) is 2. The first-order chi connectivity index (χ1) is 16.9. The highest BCUT2D eigenvalue weighted by Crippen LogP contribution is 2.30. The number of rotatable bonds is 9. The monoisotopic (exact) mass is 484 g/mol. The molecule has 3 aromatic carbocycles. The molecule has 35 heavy (non-hydrogen) atoms. The molecule has 0 unspecified atom stereocenters. The summed E-state index contributed by atoms with van der Waals surface area (Å²) in [5.41, 5.74) is 3.46. The number of likely N-dealkylation sites (tertiary alicyclic amines) is 1. The standard InChI is InChI=1S/C28H31F3N2O2/c1-2-34-24-14-10-23(11-15-24)26-20-33(19-22-6-4-3-5-7-22)17-16-27(26)32-18-21-8-12-25(13-9-21)35-28(29,30)31/h3-15,26-27,32H,2,16-20H2,1H3/t26-,27+/m0/s1. The third-order valence-corrected chi connectivity index (χ3v) is 6.29. The molecule has 1 heterocycles. The van der Waals surface area contributed by atoms with Gasteiger partial charge in [-0.1, -0.05) is 54.6 Å². The first-order valence-electron chi connectivity index (χ1n) is 12.0. The Kier molecular flexibility index (Phi) is 8.31. The van der Waals surface area contributed by atoms with Crippen molar-refractivity contribution < 1.29 is 22.6 Å². The Bertz CT molecular complexity index is 1040. The van der Waals surface area contributed by atoms with Crippen LogP contribution in [0, 0.1) is 0 Å². The largest absolute Gasteiger partial charge is 0.573 e. The number of hydrogen-bond donors (Lipinski definition) is 1. The molecule has 1 saturated heterocycles. The molecule has 4 rings (SSSR count). The van der Waals surface area contributed by atoms with E-state index in [0.717, 1.165) is 37.4 Å². The van der Waals surface area contributed by atoms with Crippen LogP contribution in [0.15, 0.2) is 78.9 Å². The molecule has 1 aliphatic rings. The molecule has 0 amide bonds. The maximum Gasteiger partial charge on any atom is 0.573 e. The van der Waals surface area contributed by atoms with E-state index in [1.807, 2.05) is 25.1 Å². The van der Waals surface area contributed by atoms with Gasteiger partial charge >= 0.3 is 6.36 Å². The quantitative estimate of drug-likeness (QED) is 0.396. The van der Waals surface area contributed by atoms with E-state index in [1.54, 1.807) is 12.1 Å². The molecular formula is C28H31F3N2O2. The second kappa shape index (κ2) is 11.6. The minimum Gasteiger partial charge on any atom is -0.494 e. The molecule has 2 atom stereocenters. The number of nitrogens with zero attached hydrogens (tertiary/aromatic N) is 1. The summed E-state index contributed by atoms with van der Waals surface area (Å²) in [5.74, 6) is 0.928. The predicted octanol–water partition coefficient (Wildman–Crippen LogP) is 6.13. The summed E-state index contributed by atoms with van der Waals surface area (Å²) in [5, 5.41) is 3.66. The Morgan fingerprint density at radius 3 is 2.23 bits per heavy atom. The van der Waals surface area contributed by atoms with Crippen LogP contribution in [-0.2, 0) is 13.1 Å². The van der Waals surface area contributed by atoms with Gasteiger partial charge in [0, 0.05) is 38.1 Å².